The Morgan fingerprint density at radius 2 is 2.05 bits per heavy atom. The van der Waals surface area contributed by atoms with E-state index in [9.17, 15) is 4.79 Å². The molecule has 0 radical (unpaired) electrons. The molecule has 0 spiro atoms. The van der Waals surface area contributed by atoms with Gasteiger partial charge in [0.2, 0.25) is 5.91 Å². The molecular weight excluding hydrogens is 262 g/mol. The number of aliphatic hydroxyl groups is 1. The van der Waals surface area contributed by atoms with Crippen LogP contribution in [0.25, 0.3) is 0 Å². The second-order valence-corrected chi connectivity index (χ2v) is 5.36. The fourth-order valence-corrected chi connectivity index (χ4v) is 2.70. The van der Waals surface area contributed by atoms with Gasteiger partial charge in [0, 0.05) is 20.1 Å². The maximum Gasteiger partial charge on any atom is 0.233 e. The van der Waals surface area contributed by atoms with Gasteiger partial charge in [-0.1, -0.05) is 25.6 Å². The van der Waals surface area contributed by atoms with Crippen molar-refractivity contribution in [3.63, 3.8) is 0 Å². The van der Waals surface area contributed by atoms with Crippen molar-refractivity contribution in [2.24, 2.45) is 7.05 Å². The number of amides is 1. The van der Waals surface area contributed by atoms with Crippen LogP contribution < -0.4 is 0 Å². The van der Waals surface area contributed by atoms with Crippen LogP contribution in [0.2, 0.25) is 0 Å². The van der Waals surface area contributed by atoms with Crippen LogP contribution in [0.4, 0.5) is 0 Å². The molecule has 19 heavy (non-hydrogen) atoms. The molecule has 0 aliphatic carbocycles. The molecule has 0 bridgehead atoms. The maximum atomic E-state index is 12.1. The maximum absolute atomic E-state index is 12.1. The molecule has 0 aliphatic heterocycles. The first kappa shape index (κ1) is 16.0. The Morgan fingerprint density at radius 3 is 2.53 bits per heavy atom. The topological polar surface area (TPSA) is 58.4 Å². The molecule has 108 valence electrons. The van der Waals surface area contributed by atoms with Gasteiger partial charge in [-0.15, -0.1) is 0 Å². The van der Waals surface area contributed by atoms with Crippen LogP contribution in [-0.2, 0) is 18.4 Å². The summed E-state index contributed by atoms with van der Waals surface area (Å²) in [6.45, 7) is 5.76. The highest BCUT2D eigenvalue weighted by Gasteiger charge is 2.14. The minimum absolute atomic E-state index is 0.0319. The van der Waals surface area contributed by atoms with Crippen LogP contribution in [0.15, 0.2) is 11.4 Å². The molecule has 1 amide bonds. The number of rotatable bonds is 8. The minimum atomic E-state index is -0.0319. The summed E-state index contributed by atoms with van der Waals surface area (Å²) in [4.78, 5) is 18.2. The molecule has 1 aromatic heterocycles. The lowest BCUT2D eigenvalue weighted by molar-refractivity contribution is -0.128. The zero-order chi connectivity index (χ0) is 14.3. The number of hydrogen-bond acceptors (Lipinski definition) is 4. The van der Waals surface area contributed by atoms with E-state index in [1.165, 1.54) is 11.8 Å². The molecule has 0 unspecified atom stereocenters. The monoisotopic (exact) mass is 285 g/mol. The van der Waals surface area contributed by atoms with E-state index in [0.29, 0.717) is 5.75 Å². The normalized spacial score (nSPS) is 10.7. The fraction of sp³-hybridized carbons (Fsp3) is 0.692. The molecule has 0 aromatic carbocycles. The van der Waals surface area contributed by atoms with Crippen molar-refractivity contribution in [1.82, 2.24) is 14.5 Å². The molecule has 0 aliphatic rings. The summed E-state index contributed by atoms with van der Waals surface area (Å²) in [6, 6.07) is 0. The predicted octanol–water partition coefficient (Wildman–Crippen LogP) is 1.65. The van der Waals surface area contributed by atoms with Gasteiger partial charge in [0.25, 0.3) is 0 Å². The molecule has 1 rings (SSSR count). The Morgan fingerprint density at radius 1 is 1.42 bits per heavy atom. The fourth-order valence-electron chi connectivity index (χ4n) is 1.83. The Hall–Kier alpha value is -1.01. The molecule has 1 N–H and O–H groups in total. The van der Waals surface area contributed by atoms with Crippen molar-refractivity contribution in [2.75, 3.05) is 18.8 Å². The highest BCUT2D eigenvalue weighted by Crippen LogP contribution is 2.17. The number of hydrogen-bond donors (Lipinski definition) is 1. The van der Waals surface area contributed by atoms with Crippen LogP contribution >= 0.6 is 11.8 Å². The molecule has 5 nitrogen and oxygen atoms in total. The molecule has 0 saturated carbocycles. The van der Waals surface area contributed by atoms with Crippen LogP contribution in [0, 0.1) is 0 Å². The van der Waals surface area contributed by atoms with Crippen molar-refractivity contribution < 1.29 is 9.90 Å². The van der Waals surface area contributed by atoms with E-state index in [0.717, 1.165) is 36.8 Å². The summed E-state index contributed by atoms with van der Waals surface area (Å²) in [6.07, 6.45) is 3.60. The third kappa shape index (κ3) is 4.54. The molecule has 1 heterocycles. The Labute approximate surface area is 119 Å². The Kier molecular flexibility index (Phi) is 6.94. The van der Waals surface area contributed by atoms with Gasteiger partial charge in [-0.3, -0.25) is 4.79 Å². The van der Waals surface area contributed by atoms with E-state index in [-0.39, 0.29) is 12.5 Å². The SMILES string of the molecule is CCCN(CCC)C(=O)CSc1ncc(CO)n1C. The number of imidazole rings is 1. The van der Waals surface area contributed by atoms with E-state index in [4.69, 9.17) is 5.11 Å². The summed E-state index contributed by atoms with van der Waals surface area (Å²) < 4.78 is 1.82. The van der Waals surface area contributed by atoms with Gasteiger partial charge in [0.05, 0.1) is 24.3 Å². The number of thioether (sulfide) groups is 1. The van der Waals surface area contributed by atoms with Gasteiger partial charge in [0.1, 0.15) is 0 Å². The van der Waals surface area contributed by atoms with Gasteiger partial charge in [-0.05, 0) is 12.8 Å². The van der Waals surface area contributed by atoms with E-state index in [1.807, 2.05) is 16.5 Å². The first-order valence-electron chi connectivity index (χ1n) is 6.66. The van der Waals surface area contributed by atoms with E-state index < -0.39 is 0 Å². The van der Waals surface area contributed by atoms with Gasteiger partial charge in [-0.25, -0.2) is 4.98 Å². The second-order valence-electron chi connectivity index (χ2n) is 4.42. The summed E-state index contributed by atoms with van der Waals surface area (Å²) >= 11 is 1.42. The van der Waals surface area contributed by atoms with Crippen LogP contribution in [0.3, 0.4) is 0 Å². The lowest BCUT2D eigenvalue weighted by atomic mass is 10.3. The highest BCUT2D eigenvalue weighted by molar-refractivity contribution is 7.99. The minimum Gasteiger partial charge on any atom is -0.390 e. The van der Waals surface area contributed by atoms with Crippen molar-refractivity contribution in [3.05, 3.63) is 11.9 Å². The quantitative estimate of drug-likeness (QED) is 0.738. The lowest BCUT2D eigenvalue weighted by Gasteiger charge is -2.21. The van der Waals surface area contributed by atoms with E-state index in [2.05, 4.69) is 18.8 Å². The Balaban J connectivity index is 2.54. The van der Waals surface area contributed by atoms with Gasteiger partial charge in [-0.2, -0.15) is 0 Å². The second kappa shape index (κ2) is 8.22. The molecule has 0 saturated heterocycles. The van der Waals surface area contributed by atoms with Crippen molar-refractivity contribution in [1.29, 1.82) is 0 Å². The van der Waals surface area contributed by atoms with E-state index >= 15 is 0 Å². The number of aromatic nitrogens is 2. The first-order valence-corrected chi connectivity index (χ1v) is 7.64. The lowest BCUT2D eigenvalue weighted by Crippen LogP contribution is -2.33. The molecular formula is C13H23N3O2S. The third-order valence-corrected chi connectivity index (χ3v) is 3.90. The van der Waals surface area contributed by atoms with Gasteiger partial charge < -0.3 is 14.6 Å². The number of carbonyl (C=O) groups excluding carboxylic acids is 1. The summed E-state index contributed by atoms with van der Waals surface area (Å²) in [5.41, 5.74) is 0.758. The predicted molar refractivity (Wildman–Crippen MR) is 77.0 cm³/mol. The van der Waals surface area contributed by atoms with E-state index in [1.54, 1.807) is 6.20 Å². The van der Waals surface area contributed by atoms with Crippen molar-refractivity contribution in [2.45, 2.75) is 38.5 Å². The van der Waals surface area contributed by atoms with Crippen molar-refractivity contribution >= 4 is 17.7 Å². The third-order valence-electron chi connectivity index (χ3n) is 2.87. The molecule has 6 heteroatoms. The first-order chi connectivity index (χ1) is 9.13. The summed E-state index contributed by atoms with van der Waals surface area (Å²) in [7, 11) is 1.85. The van der Waals surface area contributed by atoms with Crippen LogP contribution in [0.5, 0.6) is 0 Å². The summed E-state index contributed by atoms with van der Waals surface area (Å²) in [5.74, 6) is 0.553. The number of nitrogens with zero attached hydrogens (tertiary/aromatic N) is 3. The number of aliphatic hydroxyl groups excluding tert-OH is 1. The standard InChI is InChI=1S/C13H23N3O2S/c1-4-6-16(7-5-2)12(18)10-19-13-14-8-11(9-17)15(13)3/h8,17H,4-7,9-10H2,1-3H3. The smallest absolute Gasteiger partial charge is 0.233 e. The van der Waals surface area contributed by atoms with Gasteiger partial charge >= 0.3 is 0 Å². The highest BCUT2D eigenvalue weighted by atomic mass is 32.2. The van der Waals surface area contributed by atoms with Crippen LogP contribution in [-0.4, -0.2) is 44.3 Å². The van der Waals surface area contributed by atoms with Crippen molar-refractivity contribution in [3.8, 4) is 0 Å². The average molecular weight is 285 g/mol. The molecule has 0 atom stereocenters. The molecule has 0 fully saturated rings. The zero-order valence-corrected chi connectivity index (χ0v) is 12.7. The molecule has 1 aromatic rings. The average Bonchev–Trinajstić information content (AvgIpc) is 2.76. The van der Waals surface area contributed by atoms with Gasteiger partial charge in [0.15, 0.2) is 5.16 Å². The Bertz CT molecular complexity index is 401. The van der Waals surface area contributed by atoms with Crippen LogP contribution in [0.1, 0.15) is 32.4 Å². The summed E-state index contributed by atoms with van der Waals surface area (Å²) in [5, 5.41) is 9.86. The zero-order valence-electron chi connectivity index (χ0n) is 11.9. The largest absolute Gasteiger partial charge is 0.390 e. The number of carbonyl (C=O) groups is 1.